The number of allylic oxidation sites excluding steroid dienone is 4. The van der Waals surface area contributed by atoms with Crippen molar-refractivity contribution in [2.24, 2.45) is 17.8 Å². The molecule has 0 aliphatic heterocycles. The van der Waals surface area contributed by atoms with Crippen LogP contribution in [-0.2, 0) is 65.4 Å². The summed E-state index contributed by atoms with van der Waals surface area (Å²) in [6, 6.07) is 0. The Morgan fingerprint density at radius 3 is 1.02 bits per heavy atom. The average molecular weight is 1280 g/mol. The van der Waals surface area contributed by atoms with Gasteiger partial charge in [-0.1, -0.05) is 259 Å². The second-order valence-corrected chi connectivity index (χ2v) is 28.0. The Labute approximate surface area is 529 Å². The van der Waals surface area contributed by atoms with Crippen LogP contribution in [0.3, 0.4) is 0 Å². The summed E-state index contributed by atoms with van der Waals surface area (Å²) in [6.07, 6.45) is 44.1. The van der Waals surface area contributed by atoms with Crippen LogP contribution >= 0.6 is 15.6 Å². The Hall–Kier alpha value is -2.46. The molecule has 0 bridgehead atoms. The van der Waals surface area contributed by atoms with Crippen molar-refractivity contribution in [3.05, 3.63) is 24.3 Å². The third-order valence-corrected chi connectivity index (χ3v) is 17.3. The van der Waals surface area contributed by atoms with E-state index >= 15 is 0 Å². The molecule has 0 spiro atoms. The lowest BCUT2D eigenvalue weighted by Crippen LogP contribution is -2.30. The zero-order chi connectivity index (χ0) is 64.5. The molecule has 17 nitrogen and oxygen atoms in total. The van der Waals surface area contributed by atoms with E-state index < -0.39 is 97.5 Å². The van der Waals surface area contributed by atoms with Gasteiger partial charge >= 0.3 is 39.5 Å². The second-order valence-electron chi connectivity index (χ2n) is 25.1. The Bertz CT molecular complexity index is 1810. The number of aliphatic hydroxyl groups excluding tert-OH is 1. The van der Waals surface area contributed by atoms with Gasteiger partial charge in [-0.2, -0.15) is 0 Å². The summed E-state index contributed by atoms with van der Waals surface area (Å²) in [7, 11) is -9.91. The third-order valence-electron chi connectivity index (χ3n) is 15.4. The maximum Gasteiger partial charge on any atom is 0.472 e. The Morgan fingerprint density at radius 1 is 0.379 bits per heavy atom. The SMILES string of the molecule is CCCCCC/C=C\C=C/CCCCCCCC(=O)OC[C@H](COP(=O)(O)OC[C@@H](O)COP(=O)(O)OC[C@@H](COC(=O)CCCCCCCCC(C)CC)OC(=O)CCCCCCCCCCCCC(C)C)OC(=O)CCCCCCCCC(C)C. The molecule has 0 aromatic heterocycles. The standard InChI is InChI=1S/C68H128O17P2/c1-8-10-11-12-13-14-15-16-17-18-19-23-26-35-42-49-65(70)78-55-64(85-68(73)52-45-38-30-28-33-40-47-60(5)6)58-83-87(76,77)81-54-62(69)53-80-86(74,75)82-57-63(56-79-66(71)50-43-36-31-29-34-41-48-61(7)9-2)84-67(72)51-44-37-27-24-21-20-22-25-32-39-46-59(3)4/h14-17,59-64,69H,8-13,18-58H2,1-7H3,(H,74,75)(H,76,77)/b15-14-,17-16-/t61?,62-,63+,64+/m0/s1. The minimum absolute atomic E-state index is 0.0947. The monoisotopic (exact) mass is 1280 g/mol. The van der Waals surface area contributed by atoms with Crippen molar-refractivity contribution >= 4 is 39.5 Å². The molecular formula is C68H128O17P2. The van der Waals surface area contributed by atoms with Gasteiger partial charge in [-0.05, 0) is 69.1 Å². The molecular weight excluding hydrogens is 1150 g/mol. The molecule has 0 aliphatic carbocycles. The molecule has 512 valence electrons. The van der Waals surface area contributed by atoms with Gasteiger partial charge in [-0.3, -0.25) is 37.3 Å². The quantitative estimate of drug-likeness (QED) is 0.0169. The zero-order valence-corrected chi connectivity index (χ0v) is 57.7. The molecule has 3 unspecified atom stereocenters. The summed E-state index contributed by atoms with van der Waals surface area (Å²) in [4.78, 5) is 72.3. The van der Waals surface area contributed by atoms with Gasteiger partial charge in [0.15, 0.2) is 12.2 Å². The van der Waals surface area contributed by atoms with Crippen LogP contribution in [0, 0.1) is 17.8 Å². The molecule has 0 aromatic rings. The molecule has 0 saturated carbocycles. The molecule has 0 aliphatic rings. The van der Waals surface area contributed by atoms with Crippen LogP contribution in [0.5, 0.6) is 0 Å². The molecule has 0 fully saturated rings. The first-order valence-electron chi connectivity index (χ1n) is 34.7. The molecule has 0 aromatic carbocycles. The number of esters is 4. The Balaban J connectivity index is 5.26. The summed E-state index contributed by atoms with van der Waals surface area (Å²) in [6.45, 7) is 11.6. The molecule has 6 atom stereocenters. The highest BCUT2D eigenvalue weighted by molar-refractivity contribution is 7.47. The molecule has 19 heteroatoms. The first-order chi connectivity index (χ1) is 41.8. The van der Waals surface area contributed by atoms with E-state index in [1.807, 2.05) is 0 Å². The molecule has 3 N–H and O–H groups in total. The van der Waals surface area contributed by atoms with Crippen LogP contribution in [-0.4, -0.2) is 96.7 Å². The minimum Gasteiger partial charge on any atom is -0.462 e. The van der Waals surface area contributed by atoms with E-state index in [1.54, 1.807) is 0 Å². The topological polar surface area (TPSA) is 237 Å². The van der Waals surface area contributed by atoms with Crippen LogP contribution in [0.1, 0.15) is 312 Å². The Morgan fingerprint density at radius 2 is 0.678 bits per heavy atom. The van der Waals surface area contributed by atoms with E-state index in [4.69, 9.17) is 37.0 Å². The van der Waals surface area contributed by atoms with Gasteiger partial charge in [0.1, 0.15) is 19.3 Å². The maximum atomic E-state index is 13.0. The largest absolute Gasteiger partial charge is 0.472 e. The van der Waals surface area contributed by atoms with Crippen LogP contribution in [0.2, 0.25) is 0 Å². The van der Waals surface area contributed by atoms with E-state index in [-0.39, 0.29) is 25.7 Å². The molecule has 87 heavy (non-hydrogen) atoms. The van der Waals surface area contributed by atoms with E-state index in [1.165, 1.54) is 96.3 Å². The highest BCUT2D eigenvalue weighted by Crippen LogP contribution is 2.45. The van der Waals surface area contributed by atoms with E-state index in [0.29, 0.717) is 31.6 Å². The first-order valence-corrected chi connectivity index (χ1v) is 37.7. The number of hydrogen-bond donors (Lipinski definition) is 3. The van der Waals surface area contributed by atoms with Gasteiger partial charge in [0.25, 0.3) is 0 Å². The smallest absolute Gasteiger partial charge is 0.462 e. The van der Waals surface area contributed by atoms with Gasteiger partial charge in [0, 0.05) is 25.7 Å². The van der Waals surface area contributed by atoms with Crippen molar-refractivity contribution in [3.8, 4) is 0 Å². The number of ether oxygens (including phenoxy) is 4. The predicted molar refractivity (Wildman–Crippen MR) is 349 cm³/mol. The summed E-state index contributed by atoms with van der Waals surface area (Å²) < 4.78 is 68.1. The number of unbranched alkanes of at least 4 members (excludes halogenated alkanes) is 28. The van der Waals surface area contributed by atoms with Crippen molar-refractivity contribution in [1.29, 1.82) is 0 Å². The van der Waals surface area contributed by atoms with Gasteiger partial charge < -0.3 is 33.8 Å². The van der Waals surface area contributed by atoms with Gasteiger partial charge in [-0.15, -0.1) is 0 Å². The number of phosphoric ester groups is 2. The van der Waals surface area contributed by atoms with Crippen LogP contribution in [0.4, 0.5) is 0 Å². The van der Waals surface area contributed by atoms with Crippen LogP contribution < -0.4 is 0 Å². The first kappa shape index (κ1) is 84.5. The lowest BCUT2D eigenvalue weighted by atomic mass is 10.00. The van der Waals surface area contributed by atoms with Crippen LogP contribution in [0.15, 0.2) is 24.3 Å². The molecule has 0 amide bonds. The van der Waals surface area contributed by atoms with E-state index in [2.05, 4.69) is 72.8 Å². The molecule has 0 heterocycles. The van der Waals surface area contributed by atoms with Crippen molar-refractivity contribution in [2.45, 2.75) is 330 Å². The van der Waals surface area contributed by atoms with Crippen LogP contribution in [0.25, 0.3) is 0 Å². The number of hydrogen-bond acceptors (Lipinski definition) is 15. The number of rotatable bonds is 64. The lowest BCUT2D eigenvalue weighted by Gasteiger charge is -2.21. The maximum absolute atomic E-state index is 13.0. The third kappa shape index (κ3) is 60.9. The summed E-state index contributed by atoms with van der Waals surface area (Å²) in [5.41, 5.74) is 0. The lowest BCUT2D eigenvalue weighted by molar-refractivity contribution is -0.161. The number of aliphatic hydroxyl groups is 1. The molecule has 0 rings (SSSR count). The van der Waals surface area contributed by atoms with Crippen molar-refractivity contribution in [1.82, 2.24) is 0 Å². The van der Waals surface area contributed by atoms with Gasteiger partial charge in [-0.25, -0.2) is 9.13 Å². The summed E-state index contributed by atoms with van der Waals surface area (Å²) >= 11 is 0. The zero-order valence-electron chi connectivity index (χ0n) is 56.0. The second kappa shape index (κ2) is 58.6. The van der Waals surface area contributed by atoms with E-state index in [9.17, 15) is 43.2 Å². The average Bonchev–Trinajstić information content (AvgIpc) is 3.70. The fraction of sp³-hybridized carbons (Fsp3) is 0.882. The fourth-order valence-corrected chi connectivity index (χ4v) is 11.2. The Kier molecular flexibility index (Phi) is 57.0. The van der Waals surface area contributed by atoms with Crippen molar-refractivity contribution in [2.75, 3.05) is 39.6 Å². The predicted octanol–water partition coefficient (Wildman–Crippen LogP) is 18.6. The summed E-state index contributed by atoms with van der Waals surface area (Å²) in [5, 5.41) is 10.6. The number of carbonyl (C=O) groups is 4. The number of carbonyl (C=O) groups excluding carboxylic acids is 4. The van der Waals surface area contributed by atoms with Crippen molar-refractivity contribution in [3.63, 3.8) is 0 Å². The molecule has 0 radical (unpaired) electrons. The highest BCUT2D eigenvalue weighted by Gasteiger charge is 2.30. The minimum atomic E-state index is -4.95. The van der Waals surface area contributed by atoms with E-state index in [0.717, 1.165) is 127 Å². The normalized spacial score (nSPS) is 14.8. The van der Waals surface area contributed by atoms with Crippen molar-refractivity contribution < 1.29 is 80.2 Å². The summed E-state index contributed by atoms with van der Waals surface area (Å²) in [5.74, 6) is -0.0205. The highest BCUT2D eigenvalue weighted by atomic mass is 31.2. The molecule has 0 saturated heterocycles. The van der Waals surface area contributed by atoms with Gasteiger partial charge in [0.05, 0.1) is 26.4 Å². The number of phosphoric acid groups is 2. The van der Waals surface area contributed by atoms with Gasteiger partial charge in [0.2, 0.25) is 0 Å². The fourth-order valence-electron chi connectivity index (χ4n) is 9.61.